The highest BCUT2D eigenvalue weighted by Crippen LogP contribution is 2.52. The molecule has 156 valence electrons. The van der Waals surface area contributed by atoms with Crippen molar-refractivity contribution in [2.45, 2.75) is 6.42 Å². The average molecular weight is 404 g/mol. The van der Waals surface area contributed by atoms with Crippen LogP contribution in [0.4, 0.5) is 17.1 Å². The van der Waals surface area contributed by atoms with E-state index in [-0.39, 0.29) is 5.75 Å². The maximum absolute atomic E-state index is 10.9. The molecule has 1 heterocycles. The summed E-state index contributed by atoms with van der Waals surface area (Å²) in [5, 5.41) is 10.9. The van der Waals surface area contributed by atoms with E-state index >= 15 is 0 Å². The third-order valence-corrected chi connectivity index (χ3v) is 5.61. The average Bonchev–Trinajstić information content (AvgIpc) is 2.70. The molecule has 0 saturated heterocycles. The van der Waals surface area contributed by atoms with Gasteiger partial charge in [0.2, 0.25) is 0 Å². The fourth-order valence-corrected chi connectivity index (χ4v) is 4.02. The maximum atomic E-state index is 10.9. The Morgan fingerprint density at radius 3 is 2.07 bits per heavy atom. The molecule has 30 heavy (non-hydrogen) atoms. The number of phenols is 1. The third-order valence-electron chi connectivity index (χ3n) is 5.61. The predicted molar refractivity (Wildman–Crippen MR) is 126 cm³/mol. The van der Waals surface area contributed by atoms with Crippen LogP contribution in [0.3, 0.4) is 0 Å². The predicted octanol–water partition coefficient (Wildman–Crippen LogP) is 4.95. The molecular weight excluding hydrogens is 374 g/mol. The first kappa shape index (κ1) is 20.0. The van der Waals surface area contributed by atoms with Crippen LogP contribution in [0.1, 0.15) is 11.1 Å². The summed E-state index contributed by atoms with van der Waals surface area (Å²) in [5.41, 5.74) is 7.04. The number of ether oxygens (including phenoxy) is 1. The number of anilines is 3. The van der Waals surface area contributed by atoms with Gasteiger partial charge in [0.25, 0.3) is 0 Å². The van der Waals surface area contributed by atoms with E-state index in [2.05, 4.69) is 40.1 Å². The van der Waals surface area contributed by atoms with Crippen molar-refractivity contribution in [1.82, 2.24) is 0 Å². The Labute approximate surface area is 178 Å². The zero-order valence-electron chi connectivity index (χ0n) is 18.5. The first-order valence-electron chi connectivity index (χ1n) is 10.1. The van der Waals surface area contributed by atoms with Crippen molar-refractivity contribution < 1.29 is 9.84 Å². The van der Waals surface area contributed by atoms with Crippen LogP contribution in [-0.4, -0.2) is 47.4 Å². The highest BCUT2D eigenvalue weighted by atomic mass is 16.5. The number of rotatable bonds is 4. The van der Waals surface area contributed by atoms with Crippen molar-refractivity contribution in [2.75, 3.05) is 57.0 Å². The normalized spacial score (nSPS) is 11.9. The van der Waals surface area contributed by atoms with Gasteiger partial charge in [0, 0.05) is 77.4 Å². The van der Waals surface area contributed by atoms with Crippen LogP contribution in [0, 0.1) is 0 Å². The van der Waals surface area contributed by atoms with E-state index in [0.29, 0.717) is 0 Å². The second-order valence-corrected chi connectivity index (χ2v) is 8.37. The molecule has 1 aliphatic heterocycles. The van der Waals surface area contributed by atoms with Crippen molar-refractivity contribution in [2.24, 2.45) is 0 Å². The van der Waals surface area contributed by atoms with E-state index in [0.717, 1.165) is 51.7 Å². The summed E-state index contributed by atoms with van der Waals surface area (Å²) < 4.78 is 6.55. The van der Waals surface area contributed by atoms with Gasteiger partial charge < -0.3 is 24.5 Å². The summed E-state index contributed by atoms with van der Waals surface area (Å²) in [4.78, 5) is 6.16. The second-order valence-electron chi connectivity index (χ2n) is 8.37. The molecule has 5 heteroatoms. The molecule has 0 unspecified atom stereocenters. The number of nitrogens with zero attached hydrogens (tertiary/aromatic N) is 3. The van der Waals surface area contributed by atoms with E-state index in [1.54, 1.807) is 6.07 Å². The second kappa shape index (κ2) is 7.48. The van der Waals surface area contributed by atoms with Gasteiger partial charge in [-0.3, -0.25) is 0 Å². The van der Waals surface area contributed by atoms with Crippen LogP contribution >= 0.6 is 0 Å². The molecule has 1 aliphatic rings. The molecule has 0 fully saturated rings. The van der Waals surface area contributed by atoms with Gasteiger partial charge in [-0.15, -0.1) is 0 Å². The Morgan fingerprint density at radius 1 is 0.733 bits per heavy atom. The molecule has 0 radical (unpaired) electrons. The first-order chi connectivity index (χ1) is 14.3. The molecule has 0 amide bonds. The van der Waals surface area contributed by atoms with Gasteiger partial charge in [0.1, 0.15) is 17.2 Å². The molecule has 4 rings (SSSR count). The number of hydrogen-bond acceptors (Lipinski definition) is 5. The highest BCUT2D eigenvalue weighted by molar-refractivity contribution is 5.95. The van der Waals surface area contributed by atoms with Crippen LogP contribution in [0.15, 0.2) is 48.5 Å². The minimum absolute atomic E-state index is 0.245. The Bertz CT molecular complexity index is 1100. The molecule has 0 bridgehead atoms. The number of phenolic OH excluding ortho intramolecular Hbond substituents is 1. The van der Waals surface area contributed by atoms with Crippen molar-refractivity contribution in [3.05, 3.63) is 59.7 Å². The van der Waals surface area contributed by atoms with Gasteiger partial charge in [0.15, 0.2) is 0 Å². The third kappa shape index (κ3) is 3.30. The summed E-state index contributed by atoms with van der Waals surface area (Å²) in [6, 6.07) is 16.2. The zero-order chi connectivity index (χ0) is 21.6. The minimum Gasteiger partial charge on any atom is -0.507 e. The SMILES string of the molecule is CN(C)c1ccc2c(c1)Oc1c(ccc(N(C)C)c1-c1c(O)cccc1N(C)C)C2. The van der Waals surface area contributed by atoms with Crippen molar-refractivity contribution in [3.63, 3.8) is 0 Å². The molecule has 0 saturated carbocycles. The number of fused-ring (bicyclic) bond motifs is 2. The van der Waals surface area contributed by atoms with E-state index in [4.69, 9.17) is 4.74 Å². The Morgan fingerprint density at radius 2 is 1.40 bits per heavy atom. The topological polar surface area (TPSA) is 39.2 Å². The smallest absolute Gasteiger partial charge is 0.141 e. The van der Waals surface area contributed by atoms with Crippen LogP contribution in [-0.2, 0) is 6.42 Å². The summed E-state index contributed by atoms with van der Waals surface area (Å²) in [7, 11) is 12.1. The molecule has 0 atom stereocenters. The largest absolute Gasteiger partial charge is 0.507 e. The lowest BCUT2D eigenvalue weighted by Crippen LogP contribution is -2.15. The Balaban J connectivity index is 1.98. The van der Waals surface area contributed by atoms with Gasteiger partial charge in [0.05, 0.1) is 11.1 Å². The quantitative estimate of drug-likeness (QED) is 0.522. The number of hydrogen-bond donors (Lipinski definition) is 1. The molecule has 1 N–H and O–H groups in total. The maximum Gasteiger partial charge on any atom is 0.141 e. The van der Waals surface area contributed by atoms with E-state index < -0.39 is 0 Å². The van der Waals surface area contributed by atoms with Crippen LogP contribution in [0.2, 0.25) is 0 Å². The molecule has 3 aromatic carbocycles. The fourth-order valence-electron chi connectivity index (χ4n) is 4.02. The lowest BCUT2D eigenvalue weighted by Gasteiger charge is -2.29. The van der Waals surface area contributed by atoms with Crippen molar-refractivity contribution in [1.29, 1.82) is 0 Å². The highest BCUT2D eigenvalue weighted by Gasteiger charge is 2.27. The molecule has 0 aliphatic carbocycles. The zero-order valence-corrected chi connectivity index (χ0v) is 18.5. The van der Waals surface area contributed by atoms with Gasteiger partial charge in [-0.2, -0.15) is 0 Å². The van der Waals surface area contributed by atoms with Gasteiger partial charge in [-0.25, -0.2) is 0 Å². The standard InChI is InChI=1S/C25H29N3O2/c1-26(2)18-12-10-16-14-17-11-13-20(28(5)6)24(25(17)30-22(16)15-18)23-19(27(3)4)8-7-9-21(23)29/h7-13,15,29H,14H2,1-6H3. The minimum atomic E-state index is 0.245. The molecule has 0 spiro atoms. The molecular formula is C25H29N3O2. The van der Waals surface area contributed by atoms with Gasteiger partial charge in [-0.1, -0.05) is 18.2 Å². The van der Waals surface area contributed by atoms with Crippen molar-refractivity contribution in [3.8, 4) is 28.4 Å². The number of aromatic hydroxyl groups is 1. The fraction of sp³-hybridized carbons (Fsp3) is 0.280. The lowest BCUT2D eigenvalue weighted by molar-refractivity contribution is 0.459. The first-order valence-corrected chi connectivity index (χ1v) is 10.1. The number of benzene rings is 3. The Hall–Kier alpha value is -3.34. The van der Waals surface area contributed by atoms with Crippen LogP contribution < -0.4 is 19.4 Å². The molecule has 3 aromatic rings. The lowest BCUT2D eigenvalue weighted by atomic mass is 9.91. The van der Waals surface area contributed by atoms with Gasteiger partial charge >= 0.3 is 0 Å². The monoisotopic (exact) mass is 403 g/mol. The van der Waals surface area contributed by atoms with Crippen LogP contribution in [0.25, 0.3) is 11.1 Å². The van der Waals surface area contributed by atoms with E-state index in [1.807, 2.05) is 59.3 Å². The molecule has 0 aromatic heterocycles. The van der Waals surface area contributed by atoms with E-state index in [1.165, 1.54) is 5.56 Å². The van der Waals surface area contributed by atoms with Gasteiger partial charge in [-0.05, 0) is 29.8 Å². The summed E-state index contributed by atoms with van der Waals surface area (Å²) in [5.74, 6) is 1.93. The Kier molecular flexibility index (Phi) is 4.98. The van der Waals surface area contributed by atoms with Crippen LogP contribution in [0.5, 0.6) is 17.2 Å². The summed E-state index contributed by atoms with van der Waals surface area (Å²) >= 11 is 0. The summed E-state index contributed by atoms with van der Waals surface area (Å²) in [6.07, 6.45) is 0.796. The molecule has 5 nitrogen and oxygen atoms in total. The van der Waals surface area contributed by atoms with Crippen molar-refractivity contribution >= 4 is 17.1 Å². The van der Waals surface area contributed by atoms with E-state index in [9.17, 15) is 5.11 Å². The summed E-state index contributed by atoms with van der Waals surface area (Å²) in [6.45, 7) is 0.